The van der Waals surface area contributed by atoms with Gasteiger partial charge in [-0.05, 0) is 6.07 Å². The molecule has 1 aliphatic rings. The van der Waals surface area contributed by atoms with E-state index in [2.05, 4.69) is 9.97 Å². The third kappa shape index (κ3) is 2.02. The number of para-hydroxylation sites is 1. The van der Waals surface area contributed by atoms with Crippen molar-refractivity contribution in [1.29, 1.82) is 0 Å². The Morgan fingerprint density at radius 2 is 2.21 bits per heavy atom. The van der Waals surface area contributed by atoms with Gasteiger partial charge in [-0.3, -0.25) is 0 Å². The van der Waals surface area contributed by atoms with Crippen LogP contribution in [-0.4, -0.2) is 27.7 Å². The van der Waals surface area contributed by atoms with Crippen molar-refractivity contribution < 1.29 is 14.6 Å². The molecule has 1 aromatic heterocycles. The van der Waals surface area contributed by atoms with E-state index in [1.54, 1.807) is 0 Å². The number of carboxylic acid groups (broad SMARTS) is 1. The fourth-order valence-electron chi connectivity index (χ4n) is 2.08. The third-order valence-electron chi connectivity index (χ3n) is 2.98. The van der Waals surface area contributed by atoms with Gasteiger partial charge in [0, 0.05) is 5.56 Å². The number of carboxylic acids is 1. The number of ether oxygens (including phenoxy) is 1. The van der Waals surface area contributed by atoms with E-state index in [0.717, 1.165) is 11.3 Å². The van der Waals surface area contributed by atoms with Crippen molar-refractivity contribution in [1.82, 2.24) is 9.97 Å². The lowest BCUT2D eigenvalue weighted by molar-refractivity contribution is 0.0690. The number of halogens is 1. The minimum atomic E-state index is -1.17. The van der Waals surface area contributed by atoms with E-state index in [-0.39, 0.29) is 16.6 Å². The smallest absolute Gasteiger partial charge is 0.356 e. The number of aromatic carboxylic acids is 1. The number of aromatic nitrogens is 2. The maximum atomic E-state index is 11.0. The molecule has 0 fully saturated rings. The quantitative estimate of drug-likeness (QED) is 0.911. The lowest BCUT2D eigenvalue weighted by atomic mass is 10.0. The largest absolute Gasteiger partial charge is 0.492 e. The molecule has 0 radical (unpaired) electrons. The highest BCUT2D eigenvalue weighted by Crippen LogP contribution is 2.36. The molecule has 0 amide bonds. The Morgan fingerprint density at radius 3 is 3.00 bits per heavy atom. The molecule has 96 valence electrons. The summed E-state index contributed by atoms with van der Waals surface area (Å²) in [5.74, 6) is -0.137. The zero-order valence-electron chi connectivity index (χ0n) is 9.71. The molecule has 1 aliphatic heterocycles. The summed E-state index contributed by atoms with van der Waals surface area (Å²) >= 11 is 5.76. The number of hydrogen-bond donors (Lipinski definition) is 1. The van der Waals surface area contributed by atoms with Crippen LogP contribution in [0.15, 0.2) is 30.5 Å². The van der Waals surface area contributed by atoms with Crippen LogP contribution in [0.4, 0.5) is 0 Å². The third-order valence-corrected chi connectivity index (χ3v) is 3.25. The molecule has 3 rings (SSSR count). The molecule has 0 saturated carbocycles. The van der Waals surface area contributed by atoms with E-state index in [4.69, 9.17) is 21.4 Å². The summed E-state index contributed by atoms with van der Waals surface area (Å²) in [6.07, 6.45) is 1.31. The Morgan fingerprint density at radius 1 is 1.42 bits per heavy atom. The Bertz CT molecular complexity index is 660. The van der Waals surface area contributed by atoms with E-state index in [0.29, 0.717) is 12.4 Å². The Hall–Kier alpha value is -2.14. The first-order valence-electron chi connectivity index (χ1n) is 5.64. The van der Waals surface area contributed by atoms with Gasteiger partial charge in [0.2, 0.25) is 0 Å². The number of benzene rings is 1. The predicted molar refractivity (Wildman–Crippen MR) is 67.8 cm³/mol. The molecule has 19 heavy (non-hydrogen) atoms. The summed E-state index contributed by atoms with van der Waals surface area (Å²) in [7, 11) is 0. The van der Waals surface area contributed by atoms with Crippen molar-refractivity contribution in [3.05, 3.63) is 52.6 Å². The van der Waals surface area contributed by atoms with Crippen LogP contribution in [0.1, 0.15) is 27.8 Å². The Kier molecular flexibility index (Phi) is 2.83. The van der Waals surface area contributed by atoms with Gasteiger partial charge in [0.15, 0.2) is 5.69 Å². The topological polar surface area (TPSA) is 72.3 Å². The molecule has 6 heteroatoms. The van der Waals surface area contributed by atoms with Crippen LogP contribution in [0, 0.1) is 0 Å². The standard InChI is InChI=1S/C13H9ClN2O3/c14-9-5-15-12(16-11(9)13(17)18)8-6-19-10-4-2-1-3-7(8)10/h1-5,8H,6H2,(H,17,18). The van der Waals surface area contributed by atoms with Crippen molar-refractivity contribution in [2.45, 2.75) is 5.92 Å². The molecule has 1 aromatic carbocycles. The highest BCUT2D eigenvalue weighted by molar-refractivity contribution is 6.33. The minimum absolute atomic E-state index is 0.0310. The summed E-state index contributed by atoms with van der Waals surface area (Å²) in [5, 5.41) is 9.05. The van der Waals surface area contributed by atoms with Gasteiger partial charge in [0.25, 0.3) is 0 Å². The van der Waals surface area contributed by atoms with E-state index >= 15 is 0 Å². The van der Waals surface area contributed by atoms with Crippen molar-refractivity contribution in [2.75, 3.05) is 6.61 Å². The summed E-state index contributed by atoms with van der Waals surface area (Å²) in [5.41, 5.74) is 0.775. The van der Waals surface area contributed by atoms with Crippen molar-refractivity contribution in [3.8, 4) is 5.75 Å². The molecule has 1 unspecified atom stereocenters. The maximum absolute atomic E-state index is 11.0. The van der Waals surface area contributed by atoms with Crippen molar-refractivity contribution in [3.63, 3.8) is 0 Å². The van der Waals surface area contributed by atoms with Gasteiger partial charge in [-0.1, -0.05) is 29.8 Å². The van der Waals surface area contributed by atoms with Gasteiger partial charge >= 0.3 is 5.97 Å². The molecule has 2 heterocycles. The average Bonchev–Trinajstić information content (AvgIpc) is 2.83. The average molecular weight is 277 g/mol. The summed E-state index contributed by atoms with van der Waals surface area (Å²) in [4.78, 5) is 19.2. The molecule has 0 spiro atoms. The van der Waals surface area contributed by atoms with Gasteiger partial charge in [0.1, 0.15) is 18.2 Å². The second-order valence-electron chi connectivity index (χ2n) is 4.13. The highest BCUT2D eigenvalue weighted by atomic mass is 35.5. The molecular weight excluding hydrogens is 268 g/mol. The Labute approximate surface area is 113 Å². The fraction of sp³-hybridized carbons (Fsp3) is 0.154. The number of fused-ring (bicyclic) bond motifs is 1. The van der Waals surface area contributed by atoms with E-state index in [1.165, 1.54) is 6.20 Å². The summed E-state index contributed by atoms with van der Waals surface area (Å²) < 4.78 is 5.54. The monoisotopic (exact) mass is 276 g/mol. The van der Waals surface area contributed by atoms with Crippen LogP contribution in [0.2, 0.25) is 5.02 Å². The minimum Gasteiger partial charge on any atom is -0.492 e. The lowest BCUT2D eigenvalue weighted by Crippen LogP contribution is -2.12. The number of nitrogens with zero attached hydrogens (tertiary/aromatic N) is 2. The first-order chi connectivity index (χ1) is 9.16. The second kappa shape index (κ2) is 4.51. The summed E-state index contributed by atoms with van der Waals surface area (Å²) in [6.45, 7) is 0.403. The number of rotatable bonds is 2. The van der Waals surface area contributed by atoms with E-state index in [9.17, 15) is 4.79 Å². The van der Waals surface area contributed by atoms with Crippen LogP contribution in [0.3, 0.4) is 0 Å². The van der Waals surface area contributed by atoms with Crippen molar-refractivity contribution in [2.24, 2.45) is 0 Å². The van der Waals surface area contributed by atoms with E-state index in [1.807, 2.05) is 24.3 Å². The summed E-state index contributed by atoms with van der Waals surface area (Å²) in [6, 6.07) is 7.57. The van der Waals surface area contributed by atoms with Crippen LogP contribution in [-0.2, 0) is 0 Å². The molecule has 0 saturated heterocycles. The van der Waals surface area contributed by atoms with Crippen LogP contribution in [0.5, 0.6) is 5.75 Å². The van der Waals surface area contributed by atoms with Crippen LogP contribution >= 0.6 is 11.6 Å². The molecule has 5 nitrogen and oxygen atoms in total. The SMILES string of the molecule is O=C(O)c1nc(C2COc3ccccc32)ncc1Cl. The van der Waals surface area contributed by atoms with Crippen LogP contribution < -0.4 is 4.74 Å². The molecule has 0 bridgehead atoms. The predicted octanol–water partition coefficient (Wildman–Crippen LogP) is 2.35. The van der Waals surface area contributed by atoms with Gasteiger partial charge < -0.3 is 9.84 Å². The normalized spacial score (nSPS) is 16.8. The molecular formula is C13H9ClN2O3. The Balaban J connectivity index is 2.05. The lowest BCUT2D eigenvalue weighted by Gasteiger charge is -2.08. The molecule has 1 atom stereocenters. The van der Waals surface area contributed by atoms with Gasteiger partial charge in [-0.2, -0.15) is 0 Å². The number of hydrogen-bond acceptors (Lipinski definition) is 4. The number of carbonyl (C=O) groups is 1. The first kappa shape index (κ1) is 11.9. The molecule has 1 N–H and O–H groups in total. The zero-order chi connectivity index (χ0) is 13.4. The van der Waals surface area contributed by atoms with Crippen LogP contribution in [0.25, 0.3) is 0 Å². The maximum Gasteiger partial charge on any atom is 0.356 e. The van der Waals surface area contributed by atoms with E-state index < -0.39 is 5.97 Å². The van der Waals surface area contributed by atoms with Gasteiger partial charge in [-0.15, -0.1) is 0 Å². The molecule has 2 aromatic rings. The van der Waals surface area contributed by atoms with Crippen molar-refractivity contribution >= 4 is 17.6 Å². The molecule has 0 aliphatic carbocycles. The highest BCUT2D eigenvalue weighted by Gasteiger charge is 2.28. The van der Waals surface area contributed by atoms with Gasteiger partial charge in [0.05, 0.1) is 17.1 Å². The second-order valence-corrected chi connectivity index (χ2v) is 4.54. The zero-order valence-corrected chi connectivity index (χ0v) is 10.5. The van der Waals surface area contributed by atoms with Gasteiger partial charge in [-0.25, -0.2) is 14.8 Å². The first-order valence-corrected chi connectivity index (χ1v) is 6.02. The fourth-order valence-corrected chi connectivity index (χ4v) is 2.25.